The lowest BCUT2D eigenvalue weighted by Crippen LogP contribution is -2.50. The Bertz CT molecular complexity index is 1290. The molecule has 0 amide bonds. The van der Waals surface area contributed by atoms with E-state index >= 15 is 0 Å². The summed E-state index contributed by atoms with van der Waals surface area (Å²) >= 11 is 0. The lowest BCUT2D eigenvalue weighted by molar-refractivity contribution is -0.887. The highest BCUT2D eigenvalue weighted by atomic mass is 16.6. The van der Waals surface area contributed by atoms with Gasteiger partial charge in [-0.2, -0.15) is 0 Å². The fraction of sp³-hybridized carbons (Fsp3) is 0.571. The highest BCUT2D eigenvalue weighted by Gasteiger charge is 2.31. The van der Waals surface area contributed by atoms with Crippen LogP contribution in [0.15, 0.2) is 109 Å². The molecule has 8 nitrogen and oxygen atoms in total. The molecule has 0 aromatic carbocycles. The molecular formula is C49H78NO7+. The summed E-state index contributed by atoms with van der Waals surface area (Å²) in [7, 11) is 5.49. The van der Waals surface area contributed by atoms with Crippen molar-refractivity contribution in [1.29, 1.82) is 0 Å². The molecule has 2 unspecified atom stereocenters. The summed E-state index contributed by atoms with van der Waals surface area (Å²) < 4.78 is 17.2. The van der Waals surface area contributed by atoms with E-state index in [1.54, 1.807) is 0 Å². The zero-order chi connectivity index (χ0) is 42.1. The van der Waals surface area contributed by atoms with Gasteiger partial charge in [0.15, 0.2) is 12.1 Å². The fourth-order valence-corrected chi connectivity index (χ4v) is 5.55. The van der Waals surface area contributed by atoms with E-state index in [9.17, 15) is 19.5 Å². The molecule has 0 heterocycles. The van der Waals surface area contributed by atoms with Crippen molar-refractivity contribution in [3.8, 4) is 0 Å². The van der Waals surface area contributed by atoms with Crippen molar-refractivity contribution in [1.82, 2.24) is 0 Å². The van der Waals surface area contributed by atoms with Gasteiger partial charge in [-0.3, -0.25) is 9.59 Å². The van der Waals surface area contributed by atoms with Gasteiger partial charge >= 0.3 is 17.9 Å². The minimum Gasteiger partial charge on any atom is -0.477 e. The third kappa shape index (κ3) is 37.3. The maximum atomic E-state index is 12.7. The Morgan fingerprint density at radius 2 is 1.02 bits per heavy atom. The van der Waals surface area contributed by atoms with Crippen LogP contribution in [0.25, 0.3) is 0 Å². The van der Waals surface area contributed by atoms with Crippen molar-refractivity contribution in [2.45, 2.75) is 142 Å². The molecule has 0 aromatic heterocycles. The molecule has 0 saturated carbocycles. The summed E-state index contributed by atoms with van der Waals surface area (Å²) in [6.45, 7) is 4.39. The number of hydrogen-bond acceptors (Lipinski definition) is 6. The number of quaternary nitrogens is 1. The third-order valence-electron chi connectivity index (χ3n) is 8.83. The number of unbranched alkanes of at least 4 members (excludes halogenated alkanes) is 9. The average Bonchev–Trinajstić information content (AvgIpc) is 3.17. The molecule has 0 rings (SSSR count). The first-order chi connectivity index (χ1) is 27.6. The molecule has 0 radical (unpaired) electrons. The summed E-state index contributed by atoms with van der Waals surface area (Å²) in [4.78, 5) is 37.0. The molecule has 2 atom stereocenters. The number of carboxylic acids is 1. The number of ether oxygens (including phenoxy) is 3. The number of carboxylic acid groups (broad SMARTS) is 1. The van der Waals surface area contributed by atoms with Crippen LogP contribution in [0.5, 0.6) is 0 Å². The van der Waals surface area contributed by atoms with E-state index in [4.69, 9.17) is 14.2 Å². The number of hydrogen-bond donors (Lipinski definition) is 1. The summed E-state index contributed by atoms with van der Waals surface area (Å²) in [6.07, 6.45) is 52.7. The molecule has 0 bridgehead atoms. The molecule has 320 valence electrons. The Morgan fingerprint density at radius 3 is 1.60 bits per heavy atom. The van der Waals surface area contributed by atoms with Crippen LogP contribution in [-0.2, 0) is 28.6 Å². The highest BCUT2D eigenvalue weighted by molar-refractivity contribution is 5.72. The van der Waals surface area contributed by atoms with Gasteiger partial charge in [-0.25, -0.2) is 4.79 Å². The molecule has 8 heteroatoms. The van der Waals surface area contributed by atoms with Gasteiger partial charge in [0, 0.05) is 19.3 Å². The Morgan fingerprint density at radius 1 is 0.544 bits per heavy atom. The van der Waals surface area contributed by atoms with E-state index in [1.165, 1.54) is 12.8 Å². The highest BCUT2D eigenvalue weighted by Crippen LogP contribution is 2.12. The second-order valence-corrected chi connectivity index (χ2v) is 15.0. The average molecular weight is 793 g/mol. The molecule has 57 heavy (non-hydrogen) atoms. The molecule has 1 N–H and O–H groups in total. The normalized spacial score (nSPS) is 14.1. The Labute approximate surface area is 347 Å². The van der Waals surface area contributed by atoms with Gasteiger partial charge in [0.1, 0.15) is 6.61 Å². The van der Waals surface area contributed by atoms with Crippen LogP contribution in [0.1, 0.15) is 129 Å². The van der Waals surface area contributed by atoms with Crippen molar-refractivity contribution in [2.24, 2.45) is 0 Å². The summed E-state index contributed by atoms with van der Waals surface area (Å²) in [5.74, 6) is -1.56. The number of esters is 2. The molecule has 0 spiro atoms. The number of allylic oxidation sites excluding steroid dienone is 18. The second-order valence-electron chi connectivity index (χ2n) is 15.0. The van der Waals surface area contributed by atoms with E-state index in [0.717, 1.165) is 77.0 Å². The van der Waals surface area contributed by atoms with Crippen molar-refractivity contribution in [3.05, 3.63) is 109 Å². The molecule has 0 aromatic rings. The zero-order valence-electron chi connectivity index (χ0n) is 36.2. The van der Waals surface area contributed by atoms with E-state index in [2.05, 4.69) is 62.5 Å². The maximum Gasteiger partial charge on any atom is 0.362 e. The van der Waals surface area contributed by atoms with Gasteiger partial charge in [0.05, 0.1) is 34.4 Å². The van der Waals surface area contributed by atoms with Gasteiger partial charge in [0.25, 0.3) is 0 Å². The summed E-state index contributed by atoms with van der Waals surface area (Å²) in [6, 6.07) is -0.632. The lowest BCUT2D eigenvalue weighted by atomic mass is 10.1. The monoisotopic (exact) mass is 793 g/mol. The van der Waals surface area contributed by atoms with Crippen LogP contribution in [0.3, 0.4) is 0 Å². The minimum absolute atomic E-state index is 0.0303. The van der Waals surface area contributed by atoms with Crippen LogP contribution < -0.4 is 0 Å². The van der Waals surface area contributed by atoms with Gasteiger partial charge in [0.2, 0.25) is 0 Å². The first kappa shape index (κ1) is 53.0. The van der Waals surface area contributed by atoms with E-state index < -0.39 is 18.1 Å². The number of aliphatic carboxylic acids is 1. The molecular weight excluding hydrogens is 715 g/mol. The van der Waals surface area contributed by atoms with Crippen molar-refractivity contribution in [2.75, 3.05) is 41.0 Å². The molecule has 0 aliphatic rings. The second kappa shape index (κ2) is 38.8. The van der Waals surface area contributed by atoms with Gasteiger partial charge in [-0.1, -0.05) is 155 Å². The van der Waals surface area contributed by atoms with Gasteiger partial charge < -0.3 is 23.8 Å². The minimum atomic E-state index is -0.891. The largest absolute Gasteiger partial charge is 0.477 e. The number of likely N-dealkylation sites (N-methyl/N-ethyl adjacent to an activating group) is 1. The standard InChI is InChI=1S/C49H77NO7/c1-6-8-10-12-14-16-18-20-22-24-26-28-30-32-34-36-38-40-48(52)57-45(43-55-42-41-46(49(53)54)50(3,4)5)44-56-47(51)39-37-35-33-31-29-27-25-23-21-19-17-15-13-11-9-7-2/h8-12,14-18,20-24,26,28,30,45-46H,6-7,13,19,25,27,29,31-44H2,1-5H3/p+1/b10-8+,11-9+,14-12+,17-15+,18-16+,22-20+,23-21+,26-24+,30-28+. The lowest BCUT2D eigenvalue weighted by Gasteiger charge is -2.31. The van der Waals surface area contributed by atoms with Crippen LogP contribution in [0.4, 0.5) is 0 Å². The van der Waals surface area contributed by atoms with Crippen LogP contribution in [-0.4, -0.2) is 80.6 Å². The number of nitrogens with zero attached hydrogens (tertiary/aromatic N) is 1. The van der Waals surface area contributed by atoms with E-state index in [-0.39, 0.29) is 42.7 Å². The van der Waals surface area contributed by atoms with Crippen LogP contribution in [0, 0.1) is 0 Å². The fourth-order valence-electron chi connectivity index (χ4n) is 5.55. The molecule has 0 fully saturated rings. The number of carbonyl (C=O) groups excluding carboxylic acids is 2. The van der Waals surface area contributed by atoms with Crippen LogP contribution in [0.2, 0.25) is 0 Å². The van der Waals surface area contributed by atoms with Crippen molar-refractivity contribution >= 4 is 17.9 Å². The maximum absolute atomic E-state index is 12.7. The number of carbonyl (C=O) groups is 3. The number of rotatable bonds is 36. The van der Waals surface area contributed by atoms with Crippen molar-refractivity contribution in [3.63, 3.8) is 0 Å². The third-order valence-corrected chi connectivity index (χ3v) is 8.83. The first-order valence-corrected chi connectivity index (χ1v) is 21.5. The predicted molar refractivity (Wildman–Crippen MR) is 238 cm³/mol. The Hall–Kier alpha value is -4.01. The van der Waals surface area contributed by atoms with E-state index in [0.29, 0.717) is 19.3 Å². The SMILES string of the molecule is CC/C=C/C=C/C=C/C=C/C=C/C=C/CCCCCC(=O)OC(COCCC(C(=O)O)[N+](C)(C)C)COC(=O)CCCCCCCC/C=C/C/C=C/C/C=C/CC. The summed E-state index contributed by atoms with van der Waals surface area (Å²) in [5.41, 5.74) is 0. The Balaban J connectivity index is 4.51. The van der Waals surface area contributed by atoms with Gasteiger partial charge in [-0.05, 0) is 64.2 Å². The predicted octanol–water partition coefficient (Wildman–Crippen LogP) is 11.7. The van der Waals surface area contributed by atoms with Gasteiger partial charge in [-0.15, -0.1) is 0 Å². The Kier molecular flexibility index (Phi) is 36.1. The van der Waals surface area contributed by atoms with Crippen molar-refractivity contribution < 1.29 is 38.2 Å². The molecule has 0 saturated heterocycles. The zero-order valence-corrected chi connectivity index (χ0v) is 36.2. The molecule has 0 aliphatic heterocycles. The topological polar surface area (TPSA) is 99.1 Å². The quantitative estimate of drug-likeness (QED) is 0.0222. The molecule has 0 aliphatic carbocycles. The van der Waals surface area contributed by atoms with E-state index in [1.807, 2.05) is 81.9 Å². The first-order valence-electron chi connectivity index (χ1n) is 21.5. The smallest absolute Gasteiger partial charge is 0.362 e. The van der Waals surface area contributed by atoms with Crippen LogP contribution >= 0.6 is 0 Å². The summed E-state index contributed by atoms with van der Waals surface area (Å²) in [5, 5.41) is 9.62.